The van der Waals surface area contributed by atoms with Gasteiger partial charge in [-0.2, -0.15) is 0 Å². The molecule has 2 heteroatoms. The van der Waals surface area contributed by atoms with Crippen molar-refractivity contribution in [2.75, 3.05) is 6.54 Å². The van der Waals surface area contributed by atoms with Crippen molar-refractivity contribution in [2.45, 2.75) is 19.3 Å². The van der Waals surface area contributed by atoms with Crippen LogP contribution in [0.15, 0.2) is 24.3 Å². The number of hydrogen-bond acceptors (Lipinski definition) is 1. The molecule has 1 fully saturated rings. The van der Waals surface area contributed by atoms with Gasteiger partial charge in [0.15, 0.2) is 0 Å². The topological polar surface area (TPSA) is 26.0 Å². The van der Waals surface area contributed by atoms with E-state index in [1.165, 1.54) is 18.4 Å². The van der Waals surface area contributed by atoms with E-state index in [9.17, 15) is 0 Å². The molecule has 0 heterocycles. The van der Waals surface area contributed by atoms with Gasteiger partial charge >= 0.3 is 0 Å². The Labute approximate surface area is 90.3 Å². The van der Waals surface area contributed by atoms with Gasteiger partial charge in [0.25, 0.3) is 0 Å². The smallest absolute Gasteiger partial charge is 0.0438 e. The molecule has 0 saturated heterocycles. The number of nitrogens with two attached hydrogens (primary N) is 1. The fourth-order valence-electron chi connectivity index (χ4n) is 2.16. The molecule has 0 spiro atoms. The van der Waals surface area contributed by atoms with Crippen molar-refractivity contribution in [1.29, 1.82) is 0 Å². The largest absolute Gasteiger partial charge is 0.330 e. The van der Waals surface area contributed by atoms with E-state index in [1.807, 2.05) is 12.1 Å². The minimum absolute atomic E-state index is 0.728. The van der Waals surface area contributed by atoms with Gasteiger partial charge in [-0.15, -0.1) is 0 Å². The van der Waals surface area contributed by atoms with E-state index in [-0.39, 0.29) is 0 Å². The van der Waals surface area contributed by atoms with E-state index in [4.69, 9.17) is 17.3 Å². The van der Waals surface area contributed by atoms with Gasteiger partial charge < -0.3 is 5.73 Å². The summed E-state index contributed by atoms with van der Waals surface area (Å²) in [5.74, 6) is 1.49. The maximum absolute atomic E-state index is 6.11. The van der Waals surface area contributed by atoms with Gasteiger partial charge in [-0.25, -0.2) is 0 Å². The maximum atomic E-state index is 6.11. The lowest BCUT2D eigenvalue weighted by Crippen LogP contribution is -2.33. The van der Waals surface area contributed by atoms with E-state index >= 15 is 0 Å². The zero-order valence-corrected chi connectivity index (χ0v) is 9.00. The van der Waals surface area contributed by atoms with Crippen molar-refractivity contribution in [2.24, 2.45) is 17.6 Å². The van der Waals surface area contributed by atoms with Gasteiger partial charge in [0.2, 0.25) is 0 Å². The Morgan fingerprint density at radius 1 is 1.21 bits per heavy atom. The molecule has 1 aromatic carbocycles. The SMILES string of the molecule is NCC1CCC1Cc1ccccc1Cl. The monoisotopic (exact) mass is 209 g/mol. The van der Waals surface area contributed by atoms with Crippen LogP contribution in [0.5, 0.6) is 0 Å². The Morgan fingerprint density at radius 2 is 1.93 bits per heavy atom. The van der Waals surface area contributed by atoms with Gasteiger partial charge in [0, 0.05) is 5.02 Å². The van der Waals surface area contributed by atoms with E-state index in [2.05, 4.69) is 12.1 Å². The van der Waals surface area contributed by atoms with Crippen LogP contribution in [0.1, 0.15) is 18.4 Å². The van der Waals surface area contributed by atoms with Crippen molar-refractivity contribution in [1.82, 2.24) is 0 Å². The van der Waals surface area contributed by atoms with Crippen molar-refractivity contribution in [3.05, 3.63) is 34.9 Å². The summed E-state index contributed by atoms with van der Waals surface area (Å²) in [6.45, 7) is 0.828. The molecular formula is C12H16ClN. The first kappa shape index (κ1) is 10.0. The molecule has 1 aliphatic carbocycles. The third kappa shape index (κ3) is 1.94. The first-order chi connectivity index (χ1) is 6.81. The third-order valence-electron chi connectivity index (χ3n) is 3.32. The highest BCUT2D eigenvalue weighted by molar-refractivity contribution is 6.31. The van der Waals surface area contributed by atoms with E-state index in [1.54, 1.807) is 0 Å². The van der Waals surface area contributed by atoms with Crippen LogP contribution in [0.2, 0.25) is 5.02 Å². The molecule has 1 aliphatic rings. The van der Waals surface area contributed by atoms with Crippen molar-refractivity contribution in [3.63, 3.8) is 0 Å². The Morgan fingerprint density at radius 3 is 2.50 bits per heavy atom. The predicted molar refractivity (Wildman–Crippen MR) is 60.4 cm³/mol. The van der Waals surface area contributed by atoms with Crippen LogP contribution < -0.4 is 5.73 Å². The summed E-state index contributed by atoms with van der Waals surface area (Å²) in [5.41, 5.74) is 6.96. The number of benzene rings is 1. The van der Waals surface area contributed by atoms with E-state index in [0.29, 0.717) is 0 Å². The highest BCUT2D eigenvalue weighted by Crippen LogP contribution is 2.36. The van der Waals surface area contributed by atoms with Gasteiger partial charge in [0.05, 0.1) is 0 Å². The molecule has 0 aromatic heterocycles. The Kier molecular flexibility index (Phi) is 3.09. The highest BCUT2D eigenvalue weighted by Gasteiger charge is 2.29. The second kappa shape index (κ2) is 4.33. The van der Waals surface area contributed by atoms with Gasteiger partial charge in [-0.1, -0.05) is 29.8 Å². The second-order valence-corrected chi connectivity index (χ2v) is 4.54. The standard InChI is InChI=1S/C12H16ClN/c13-12-4-2-1-3-10(12)7-9-5-6-11(9)8-14/h1-4,9,11H,5-8,14H2. The van der Waals surface area contributed by atoms with Crippen molar-refractivity contribution >= 4 is 11.6 Å². The van der Waals surface area contributed by atoms with Gasteiger partial charge in [0.1, 0.15) is 0 Å². The third-order valence-corrected chi connectivity index (χ3v) is 3.69. The first-order valence-corrected chi connectivity index (χ1v) is 5.62. The number of halogens is 1. The van der Waals surface area contributed by atoms with Crippen LogP contribution in [0.25, 0.3) is 0 Å². The number of hydrogen-bond donors (Lipinski definition) is 1. The molecule has 14 heavy (non-hydrogen) atoms. The molecule has 2 unspecified atom stereocenters. The second-order valence-electron chi connectivity index (χ2n) is 4.13. The Balaban J connectivity index is 2.01. The van der Waals surface area contributed by atoms with Crippen LogP contribution in [-0.4, -0.2) is 6.54 Å². The van der Waals surface area contributed by atoms with Crippen LogP contribution in [0, 0.1) is 11.8 Å². The van der Waals surface area contributed by atoms with Gasteiger partial charge in [-0.3, -0.25) is 0 Å². The van der Waals surface area contributed by atoms with Gasteiger partial charge in [-0.05, 0) is 49.3 Å². The molecule has 2 atom stereocenters. The first-order valence-electron chi connectivity index (χ1n) is 5.24. The molecule has 0 radical (unpaired) electrons. The Bertz CT molecular complexity index is 309. The molecule has 76 valence electrons. The molecule has 0 aliphatic heterocycles. The highest BCUT2D eigenvalue weighted by atomic mass is 35.5. The number of rotatable bonds is 3. The molecule has 0 bridgehead atoms. The summed E-state index contributed by atoms with van der Waals surface area (Å²) in [5, 5.41) is 0.898. The minimum atomic E-state index is 0.728. The molecular weight excluding hydrogens is 194 g/mol. The maximum Gasteiger partial charge on any atom is 0.0438 e. The van der Waals surface area contributed by atoms with E-state index in [0.717, 1.165) is 29.8 Å². The lowest BCUT2D eigenvalue weighted by Gasteiger charge is -2.36. The van der Waals surface area contributed by atoms with Crippen molar-refractivity contribution < 1.29 is 0 Å². The lowest BCUT2D eigenvalue weighted by molar-refractivity contribution is 0.183. The fourth-order valence-corrected chi connectivity index (χ4v) is 2.38. The average Bonchev–Trinajstić information content (AvgIpc) is 2.15. The molecule has 1 saturated carbocycles. The summed E-state index contributed by atoms with van der Waals surface area (Å²) in [6.07, 6.45) is 3.71. The molecule has 0 amide bonds. The zero-order valence-electron chi connectivity index (χ0n) is 8.25. The normalized spacial score (nSPS) is 25.9. The summed E-state index contributed by atoms with van der Waals surface area (Å²) in [4.78, 5) is 0. The van der Waals surface area contributed by atoms with Crippen LogP contribution >= 0.6 is 11.6 Å². The van der Waals surface area contributed by atoms with Crippen LogP contribution in [0.3, 0.4) is 0 Å². The molecule has 2 rings (SSSR count). The van der Waals surface area contributed by atoms with Crippen LogP contribution in [-0.2, 0) is 6.42 Å². The molecule has 1 nitrogen and oxygen atoms in total. The van der Waals surface area contributed by atoms with Crippen LogP contribution in [0.4, 0.5) is 0 Å². The predicted octanol–water partition coefficient (Wildman–Crippen LogP) is 2.87. The molecule has 1 aromatic rings. The summed E-state index contributed by atoms with van der Waals surface area (Å²) < 4.78 is 0. The summed E-state index contributed by atoms with van der Waals surface area (Å²) in [7, 11) is 0. The summed E-state index contributed by atoms with van der Waals surface area (Å²) >= 11 is 6.11. The minimum Gasteiger partial charge on any atom is -0.330 e. The summed E-state index contributed by atoms with van der Waals surface area (Å²) in [6, 6.07) is 8.12. The van der Waals surface area contributed by atoms with Crippen molar-refractivity contribution in [3.8, 4) is 0 Å². The lowest BCUT2D eigenvalue weighted by atomic mass is 9.71. The molecule has 2 N–H and O–H groups in total. The zero-order chi connectivity index (χ0) is 9.97. The Hall–Kier alpha value is -0.530. The fraction of sp³-hybridized carbons (Fsp3) is 0.500. The van der Waals surface area contributed by atoms with E-state index < -0.39 is 0 Å². The average molecular weight is 210 g/mol. The quantitative estimate of drug-likeness (QED) is 0.814.